The van der Waals surface area contributed by atoms with Gasteiger partial charge in [0.1, 0.15) is 5.75 Å². The van der Waals surface area contributed by atoms with Gasteiger partial charge in [0.15, 0.2) is 5.11 Å². The molecule has 3 aromatic rings. The number of carbonyl (C=O) groups is 2. The van der Waals surface area contributed by atoms with Crippen molar-refractivity contribution >= 4 is 40.9 Å². The molecule has 0 spiro atoms. The van der Waals surface area contributed by atoms with Crippen molar-refractivity contribution in [3.05, 3.63) is 102 Å². The van der Waals surface area contributed by atoms with E-state index in [1.54, 1.807) is 37.5 Å². The van der Waals surface area contributed by atoms with Crippen molar-refractivity contribution < 1.29 is 14.3 Å². The van der Waals surface area contributed by atoms with Crippen LogP contribution in [0.15, 0.2) is 84.9 Å². The normalized spacial score (nSPS) is 10.4. The molecule has 0 saturated carbocycles. The molecule has 0 aliphatic heterocycles. The molecule has 6 nitrogen and oxygen atoms in total. The van der Waals surface area contributed by atoms with Gasteiger partial charge < -0.3 is 15.4 Å². The van der Waals surface area contributed by atoms with Crippen LogP contribution in [0.1, 0.15) is 21.5 Å². The zero-order chi connectivity index (χ0) is 22.8. The second-order valence-electron chi connectivity index (χ2n) is 6.73. The molecule has 32 heavy (non-hydrogen) atoms. The van der Waals surface area contributed by atoms with E-state index in [-0.39, 0.29) is 11.0 Å². The molecule has 0 aliphatic carbocycles. The first-order valence-electron chi connectivity index (χ1n) is 9.91. The lowest BCUT2D eigenvalue weighted by molar-refractivity contribution is -0.115. The fourth-order valence-corrected chi connectivity index (χ4v) is 3.15. The first-order chi connectivity index (χ1) is 15.6. The van der Waals surface area contributed by atoms with E-state index in [1.807, 2.05) is 54.6 Å². The predicted molar refractivity (Wildman–Crippen MR) is 130 cm³/mol. The van der Waals surface area contributed by atoms with Crippen LogP contribution < -0.4 is 20.7 Å². The average Bonchev–Trinajstić information content (AvgIpc) is 2.82. The van der Waals surface area contributed by atoms with Crippen LogP contribution in [0.25, 0.3) is 6.08 Å². The summed E-state index contributed by atoms with van der Waals surface area (Å²) in [4.78, 5) is 24.9. The first-order valence-corrected chi connectivity index (χ1v) is 10.3. The number of para-hydroxylation sites is 2. The predicted octanol–water partition coefficient (Wildman–Crippen LogP) is 4.15. The van der Waals surface area contributed by atoms with Crippen molar-refractivity contribution in [2.45, 2.75) is 6.54 Å². The summed E-state index contributed by atoms with van der Waals surface area (Å²) >= 11 is 5.25. The molecule has 3 N–H and O–H groups in total. The van der Waals surface area contributed by atoms with Crippen LogP contribution in [0.3, 0.4) is 0 Å². The van der Waals surface area contributed by atoms with Gasteiger partial charge in [-0.05, 0) is 42.1 Å². The van der Waals surface area contributed by atoms with Crippen LogP contribution >= 0.6 is 12.2 Å². The van der Waals surface area contributed by atoms with Crippen LogP contribution in [-0.4, -0.2) is 24.0 Å². The van der Waals surface area contributed by atoms with Crippen LogP contribution in [0.5, 0.6) is 5.75 Å². The molecule has 0 fully saturated rings. The van der Waals surface area contributed by atoms with Gasteiger partial charge in [-0.3, -0.25) is 14.9 Å². The quantitative estimate of drug-likeness (QED) is 0.376. The van der Waals surface area contributed by atoms with Gasteiger partial charge in [0.05, 0.1) is 18.4 Å². The van der Waals surface area contributed by atoms with Gasteiger partial charge in [-0.15, -0.1) is 0 Å². The molecule has 2 amide bonds. The van der Waals surface area contributed by atoms with E-state index < -0.39 is 5.91 Å². The van der Waals surface area contributed by atoms with E-state index in [1.165, 1.54) is 6.08 Å². The molecular weight excluding hydrogens is 422 g/mol. The van der Waals surface area contributed by atoms with Gasteiger partial charge in [-0.25, -0.2) is 0 Å². The van der Waals surface area contributed by atoms with E-state index in [0.717, 1.165) is 11.1 Å². The third kappa shape index (κ3) is 6.52. The third-order valence-corrected chi connectivity index (χ3v) is 4.71. The van der Waals surface area contributed by atoms with Gasteiger partial charge in [0.25, 0.3) is 5.91 Å². The van der Waals surface area contributed by atoms with Crippen molar-refractivity contribution in [1.82, 2.24) is 10.6 Å². The fourth-order valence-electron chi connectivity index (χ4n) is 2.94. The summed E-state index contributed by atoms with van der Waals surface area (Å²) in [6.07, 6.45) is 3.01. The highest BCUT2D eigenvalue weighted by atomic mass is 32.1. The molecule has 0 heterocycles. The minimum atomic E-state index is -0.403. The fraction of sp³-hybridized carbons (Fsp3) is 0.0800. The number of methoxy groups -OCH3 is 1. The molecule has 162 valence electrons. The highest BCUT2D eigenvalue weighted by molar-refractivity contribution is 7.80. The number of rotatable bonds is 7. The molecule has 0 radical (unpaired) electrons. The van der Waals surface area contributed by atoms with Crippen molar-refractivity contribution in [2.75, 3.05) is 12.4 Å². The molecule has 3 aromatic carbocycles. The highest BCUT2D eigenvalue weighted by Crippen LogP contribution is 2.18. The third-order valence-electron chi connectivity index (χ3n) is 4.51. The van der Waals surface area contributed by atoms with Gasteiger partial charge in [0.2, 0.25) is 5.91 Å². The first kappa shape index (κ1) is 22.7. The summed E-state index contributed by atoms with van der Waals surface area (Å²) in [5, 5.41) is 8.48. The Hall–Kier alpha value is -3.97. The van der Waals surface area contributed by atoms with E-state index in [9.17, 15) is 9.59 Å². The summed E-state index contributed by atoms with van der Waals surface area (Å²) in [6, 6.07) is 23.9. The second-order valence-corrected chi connectivity index (χ2v) is 7.14. The van der Waals surface area contributed by atoms with Gasteiger partial charge in [0, 0.05) is 18.2 Å². The van der Waals surface area contributed by atoms with Gasteiger partial charge in [-0.1, -0.05) is 60.7 Å². The van der Waals surface area contributed by atoms with Crippen molar-refractivity contribution in [3.63, 3.8) is 0 Å². The standard InChI is InChI=1S/C25H23N3O3S/c1-31-22-14-8-5-11-19(22)15-16-23(29)28-25(32)27-21-13-7-6-12-20(21)24(30)26-17-18-9-3-2-4-10-18/h2-16H,17H2,1H3,(H,26,30)(H2,27,28,29,32)/b16-15+. The lowest BCUT2D eigenvalue weighted by Crippen LogP contribution is -2.33. The molecule has 0 aliphatic rings. The maximum atomic E-state index is 12.7. The van der Waals surface area contributed by atoms with E-state index >= 15 is 0 Å². The Morgan fingerprint density at radius 3 is 2.41 bits per heavy atom. The maximum Gasteiger partial charge on any atom is 0.253 e. The smallest absolute Gasteiger partial charge is 0.253 e. The zero-order valence-electron chi connectivity index (χ0n) is 17.5. The average molecular weight is 446 g/mol. The van der Waals surface area contributed by atoms with Crippen molar-refractivity contribution in [2.24, 2.45) is 0 Å². The number of ether oxygens (including phenoxy) is 1. The minimum absolute atomic E-state index is 0.0861. The molecule has 0 bridgehead atoms. The summed E-state index contributed by atoms with van der Waals surface area (Å²) in [7, 11) is 1.57. The van der Waals surface area contributed by atoms with Crippen LogP contribution in [0.2, 0.25) is 0 Å². The molecule has 0 saturated heterocycles. The van der Waals surface area contributed by atoms with Gasteiger partial charge in [-0.2, -0.15) is 0 Å². The summed E-state index contributed by atoms with van der Waals surface area (Å²) < 4.78 is 5.26. The van der Waals surface area contributed by atoms with E-state index in [4.69, 9.17) is 17.0 Å². The van der Waals surface area contributed by atoms with Crippen LogP contribution in [0.4, 0.5) is 5.69 Å². The molecule has 7 heteroatoms. The Bertz CT molecular complexity index is 1130. The van der Waals surface area contributed by atoms with Crippen LogP contribution in [0, 0.1) is 0 Å². The molecule has 0 aromatic heterocycles. The molecule has 0 unspecified atom stereocenters. The number of carbonyl (C=O) groups excluding carboxylic acids is 2. The summed E-state index contributed by atoms with van der Waals surface area (Å²) in [5.74, 6) is 0.00857. The Morgan fingerprint density at radius 2 is 1.62 bits per heavy atom. The van der Waals surface area contributed by atoms with Crippen molar-refractivity contribution in [1.29, 1.82) is 0 Å². The second kappa shape index (κ2) is 11.4. The monoisotopic (exact) mass is 445 g/mol. The number of hydrogen-bond acceptors (Lipinski definition) is 4. The van der Waals surface area contributed by atoms with Crippen molar-refractivity contribution in [3.8, 4) is 5.75 Å². The lowest BCUT2D eigenvalue weighted by Gasteiger charge is -2.13. The Kier molecular flexibility index (Phi) is 8.11. The Morgan fingerprint density at radius 1 is 0.938 bits per heavy atom. The Labute approximate surface area is 192 Å². The number of hydrogen-bond donors (Lipinski definition) is 3. The minimum Gasteiger partial charge on any atom is -0.496 e. The van der Waals surface area contributed by atoms with E-state index in [0.29, 0.717) is 23.5 Å². The highest BCUT2D eigenvalue weighted by Gasteiger charge is 2.12. The topological polar surface area (TPSA) is 79.5 Å². The molecular formula is C25H23N3O3S. The zero-order valence-corrected chi connectivity index (χ0v) is 18.3. The van der Waals surface area contributed by atoms with Gasteiger partial charge >= 0.3 is 0 Å². The number of thiocarbonyl (C=S) groups is 1. The summed E-state index contributed by atoms with van der Waals surface area (Å²) in [6.45, 7) is 0.406. The Balaban J connectivity index is 1.59. The van der Waals surface area contributed by atoms with E-state index in [2.05, 4.69) is 16.0 Å². The number of benzene rings is 3. The summed E-state index contributed by atoms with van der Waals surface area (Å²) in [5.41, 5.74) is 2.68. The number of nitrogens with one attached hydrogen (secondary N) is 3. The SMILES string of the molecule is COc1ccccc1/C=C/C(=O)NC(=S)Nc1ccccc1C(=O)NCc1ccccc1. The molecule has 3 rings (SSSR count). The maximum absolute atomic E-state index is 12.7. The molecule has 0 atom stereocenters. The number of amides is 2. The largest absolute Gasteiger partial charge is 0.496 e. The van der Waals surface area contributed by atoms with Crippen LogP contribution in [-0.2, 0) is 11.3 Å². The lowest BCUT2D eigenvalue weighted by atomic mass is 10.1. The number of anilines is 1.